The highest BCUT2D eigenvalue weighted by molar-refractivity contribution is 5.78. The molecule has 5 heteroatoms. The molecule has 0 bridgehead atoms. The van der Waals surface area contributed by atoms with Crippen molar-refractivity contribution < 1.29 is 9.21 Å². The van der Waals surface area contributed by atoms with Gasteiger partial charge in [0.1, 0.15) is 5.76 Å². The number of nitrogens with one attached hydrogen (secondary N) is 1. The van der Waals surface area contributed by atoms with E-state index < -0.39 is 0 Å². The van der Waals surface area contributed by atoms with Gasteiger partial charge in [0.05, 0.1) is 12.1 Å². The minimum Gasteiger partial charge on any atom is -0.441 e. The fourth-order valence-corrected chi connectivity index (χ4v) is 3.64. The van der Waals surface area contributed by atoms with E-state index in [1.54, 1.807) is 0 Å². The molecule has 1 atom stereocenters. The number of hydrogen-bond donors (Lipinski definition) is 1. The lowest BCUT2D eigenvalue weighted by atomic mass is 10.1. The number of nitrogens with zero attached hydrogens (tertiary/aromatic N) is 2. The first-order chi connectivity index (χ1) is 13.7. The second-order valence-corrected chi connectivity index (χ2v) is 7.31. The Morgan fingerprint density at radius 2 is 1.86 bits per heavy atom. The topological polar surface area (TPSA) is 58.4 Å². The summed E-state index contributed by atoms with van der Waals surface area (Å²) >= 11 is 0. The van der Waals surface area contributed by atoms with Gasteiger partial charge in [-0.3, -0.25) is 4.79 Å². The lowest BCUT2D eigenvalue weighted by Crippen LogP contribution is -2.32. The van der Waals surface area contributed by atoms with E-state index in [1.165, 1.54) is 5.69 Å². The maximum Gasteiger partial charge on any atom is 0.226 e. The van der Waals surface area contributed by atoms with Crippen LogP contribution in [0.4, 0.5) is 5.69 Å². The number of amides is 1. The second kappa shape index (κ2) is 8.30. The fraction of sp³-hybridized carbons (Fsp3) is 0.304. The minimum atomic E-state index is -0.00540. The number of benzene rings is 2. The molecule has 2 heterocycles. The third-order valence-electron chi connectivity index (χ3n) is 5.24. The summed E-state index contributed by atoms with van der Waals surface area (Å²) in [6.07, 6.45) is 1.34. The van der Waals surface area contributed by atoms with Crippen molar-refractivity contribution in [2.24, 2.45) is 5.92 Å². The normalized spacial score (nSPS) is 16.3. The van der Waals surface area contributed by atoms with E-state index in [0.717, 1.165) is 25.1 Å². The Kier molecular flexibility index (Phi) is 5.42. The molecule has 0 aliphatic carbocycles. The van der Waals surface area contributed by atoms with Crippen LogP contribution in [-0.4, -0.2) is 30.5 Å². The molecule has 1 aliphatic heterocycles. The number of rotatable bonds is 6. The summed E-state index contributed by atoms with van der Waals surface area (Å²) in [7, 11) is 0. The number of para-hydroxylation sites is 1. The van der Waals surface area contributed by atoms with E-state index in [9.17, 15) is 4.79 Å². The van der Waals surface area contributed by atoms with Crippen molar-refractivity contribution in [2.45, 2.75) is 19.8 Å². The molecule has 4 rings (SSSR count). The SMILES string of the molecule is Cc1oc(-c2ccccc2)nc1CC(=O)NC[C@@H]1CCN(c2ccccc2)C1. The Hall–Kier alpha value is -3.08. The van der Waals surface area contributed by atoms with Crippen LogP contribution in [0.25, 0.3) is 11.5 Å². The maximum absolute atomic E-state index is 12.4. The van der Waals surface area contributed by atoms with Gasteiger partial charge in [-0.05, 0) is 43.5 Å². The van der Waals surface area contributed by atoms with Crippen LogP contribution in [0, 0.1) is 12.8 Å². The first-order valence-corrected chi connectivity index (χ1v) is 9.77. The van der Waals surface area contributed by atoms with Crippen LogP contribution in [0.2, 0.25) is 0 Å². The van der Waals surface area contributed by atoms with Crippen LogP contribution in [0.3, 0.4) is 0 Å². The molecule has 2 aromatic carbocycles. The summed E-state index contributed by atoms with van der Waals surface area (Å²) in [5.41, 5.74) is 2.88. The zero-order chi connectivity index (χ0) is 19.3. The summed E-state index contributed by atoms with van der Waals surface area (Å²) in [4.78, 5) is 19.3. The molecule has 1 aliphatic rings. The standard InChI is InChI=1S/C23H25N3O2/c1-17-21(25-23(28-17)19-8-4-2-5-9-19)14-22(27)24-15-18-12-13-26(16-18)20-10-6-3-7-11-20/h2-11,18H,12-16H2,1H3,(H,24,27)/t18-/m0/s1. The molecule has 1 amide bonds. The van der Waals surface area contributed by atoms with Gasteiger partial charge in [0.15, 0.2) is 0 Å². The summed E-state index contributed by atoms with van der Waals surface area (Å²) in [5.74, 6) is 1.73. The van der Waals surface area contributed by atoms with Crippen molar-refractivity contribution in [1.82, 2.24) is 10.3 Å². The van der Waals surface area contributed by atoms with Gasteiger partial charge in [0.25, 0.3) is 0 Å². The molecular weight excluding hydrogens is 350 g/mol. The quantitative estimate of drug-likeness (QED) is 0.711. The highest BCUT2D eigenvalue weighted by Crippen LogP contribution is 2.23. The Morgan fingerprint density at radius 1 is 1.14 bits per heavy atom. The molecule has 28 heavy (non-hydrogen) atoms. The van der Waals surface area contributed by atoms with Gasteiger partial charge < -0.3 is 14.6 Å². The number of hydrogen-bond acceptors (Lipinski definition) is 4. The minimum absolute atomic E-state index is 0.00540. The molecule has 0 radical (unpaired) electrons. The molecule has 1 aromatic heterocycles. The number of anilines is 1. The van der Waals surface area contributed by atoms with E-state index in [2.05, 4.69) is 39.5 Å². The van der Waals surface area contributed by atoms with Crippen LogP contribution in [0.1, 0.15) is 17.9 Å². The zero-order valence-corrected chi connectivity index (χ0v) is 16.1. The number of aromatic nitrogens is 1. The number of carbonyl (C=O) groups is 1. The van der Waals surface area contributed by atoms with Gasteiger partial charge in [-0.1, -0.05) is 36.4 Å². The molecule has 0 unspecified atom stereocenters. The summed E-state index contributed by atoms with van der Waals surface area (Å²) < 4.78 is 5.74. The lowest BCUT2D eigenvalue weighted by Gasteiger charge is -2.18. The van der Waals surface area contributed by atoms with Crippen LogP contribution in [-0.2, 0) is 11.2 Å². The van der Waals surface area contributed by atoms with Crippen LogP contribution >= 0.6 is 0 Å². The molecular formula is C23H25N3O2. The highest BCUT2D eigenvalue weighted by Gasteiger charge is 2.23. The van der Waals surface area contributed by atoms with E-state index >= 15 is 0 Å². The largest absolute Gasteiger partial charge is 0.441 e. The smallest absolute Gasteiger partial charge is 0.226 e. The third kappa shape index (κ3) is 4.25. The third-order valence-corrected chi connectivity index (χ3v) is 5.24. The number of carbonyl (C=O) groups excluding carboxylic acids is 1. The molecule has 1 fully saturated rings. The van der Waals surface area contributed by atoms with Crippen LogP contribution in [0.15, 0.2) is 65.1 Å². The Bertz CT molecular complexity index is 922. The van der Waals surface area contributed by atoms with Crippen molar-refractivity contribution in [3.8, 4) is 11.5 Å². The summed E-state index contributed by atoms with van der Waals surface area (Å²) in [5, 5.41) is 3.07. The zero-order valence-electron chi connectivity index (χ0n) is 16.1. The monoisotopic (exact) mass is 375 g/mol. The van der Waals surface area contributed by atoms with Gasteiger partial charge >= 0.3 is 0 Å². The van der Waals surface area contributed by atoms with Crippen molar-refractivity contribution in [3.63, 3.8) is 0 Å². The van der Waals surface area contributed by atoms with Crippen LogP contribution in [0.5, 0.6) is 0 Å². The van der Waals surface area contributed by atoms with Gasteiger partial charge in [-0.2, -0.15) is 0 Å². The first kappa shape index (κ1) is 18.3. The Balaban J connectivity index is 1.29. The van der Waals surface area contributed by atoms with Crippen molar-refractivity contribution in [3.05, 3.63) is 72.1 Å². The van der Waals surface area contributed by atoms with Gasteiger partial charge in [0, 0.05) is 30.9 Å². The van der Waals surface area contributed by atoms with E-state index in [4.69, 9.17) is 4.42 Å². The average molecular weight is 375 g/mol. The lowest BCUT2D eigenvalue weighted by molar-refractivity contribution is -0.120. The molecule has 144 valence electrons. The average Bonchev–Trinajstić information content (AvgIpc) is 3.35. The van der Waals surface area contributed by atoms with E-state index in [1.807, 2.05) is 43.3 Å². The van der Waals surface area contributed by atoms with Crippen LogP contribution < -0.4 is 10.2 Å². The molecule has 0 saturated carbocycles. The second-order valence-electron chi connectivity index (χ2n) is 7.31. The van der Waals surface area contributed by atoms with E-state index in [0.29, 0.717) is 29.8 Å². The van der Waals surface area contributed by atoms with Crippen molar-refractivity contribution >= 4 is 11.6 Å². The highest BCUT2D eigenvalue weighted by atomic mass is 16.4. The molecule has 1 saturated heterocycles. The summed E-state index contributed by atoms with van der Waals surface area (Å²) in [6, 6.07) is 20.2. The molecule has 5 nitrogen and oxygen atoms in total. The first-order valence-electron chi connectivity index (χ1n) is 9.77. The predicted molar refractivity (Wildman–Crippen MR) is 110 cm³/mol. The Morgan fingerprint density at radius 3 is 2.61 bits per heavy atom. The van der Waals surface area contributed by atoms with Gasteiger partial charge in [-0.25, -0.2) is 4.98 Å². The fourth-order valence-electron chi connectivity index (χ4n) is 3.64. The van der Waals surface area contributed by atoms with E-state index in [-0.39, 0.29) is 12.3 Å². The molecule has 1 N–H and O–H groups in total. The van der Waals surface area contributed by atoms with Gasteiger partial charge in [0.2, 0.25) is 11.8 Å². The molecule has 0 spiro atoms. The maximum atomic E-state index is 12.4. The predicted octanol–water partition coefficient (Wildman–Crippen LogP) is 3.84. The number of oxazole rings is 1. The Labute approximate surface area is 165 Å². The van der Waals surface area contributed by atoms with Crippen molar-refractivity contribution in [1.29, 1.82) is 0 Å². The number of aryl methyl sites for hydroxylation is 1. The van der Waals surface area contributed by atoms with Gasteiger partial charge in [-0.15, -0.1) is 0 Å². The molecule has 3 aromatic rings. The van der Waals surface area contributed by atoms with Crippen molar-refractivity contribution in [2.75, 3.05) is 24.5 Å². The summed E-state index contributed by atoms with van der Waals surface area (Å²) in [6.45, 7) is 4.57.